The highest BCUT2D eigenvalue weighted by Gasteiger charge is 2.37. The summed E-state index contributed by atoms with van der Waals surface area (Å²) >= 11 is 0. The zero-order chi connectivity index (χ0) is 19.8. The fraction of sp³-hybridized carbons (Fsp3) is 0.722. The van der Waals surface area contributed by atoms with Gasteiger partial charge in [0.25, 0.3) is 5.56 Å². The normalized spacial score (nSPS) is 22.3. The van der Waals surface area contributed by atoms with Gasteiger partial charge in [0.1, 0.15) is 5.82 Å². The van der Waals surface area contributed by atoms with Crippen LogP contribution < -0.4 is 5.56 Å². The molecular weight excluding hydrogens is 368 g/mol. The number of likely N-dealkylation sites (tertiary alicyclic amines) is 1. The first-order valence-corrected chi connectivity index (χ1v) is 11.4. The van der Waals surface area contributed by atoms with Gasteiger partial charge in [-0.1, -0.05) is 6.92 Å². The highest BCUT2D eigenvalue weighted by atomic mass is 32.2. The van der Waals surface area contributed by atoms with Crippen LogP contribution in [-0.2, 0) is 21.2 Å². The van der Waals surface area contributed by atoms with Gasteiger partial charge in [-0.05, 0) is 39.0 Å². The van der Waals surface area contributed by atoms with Crippen molar-refractivity contribution in [3.8, 4) is 0 Å². The second-order valence-electron chi connectivity index (χ2n) is 7.49. The highest BCUT2D eigenvalue weighted by Crippen LogP contribution is 2.33. The van der Waals surface area contributed by atoms with E-state index in [0.29, 0.717) is 50.3 Å². The minimum absolute atomic E-state index is 0.0468. The minimum Gasteiger partial charge on any atom is -0.332 e. The molecule has 8 nitrogen and oxygen atoms in total. The molecule has 0 saturated carbocycles. The number of aryl methyl sites for hydroxylation is 1. The number of nitrogens with zero attached hydrogens (tertiary/aromatic N) is 3. The summed E-state index contributed by atoms with van der Waals surface area (Å²) in [6, 6.07) is -0.206. The molecular formula is C18H28N4O4S. The van der Waals surface area contributed by atoms with Gasteiger partial charge in [0, 0.05) is 36.8 Å². The van der Waals surface area contributed by atoms with Crippen LogP contribution in [0, 0.1) is 12.8 Å². The number of aromatic amines is 1. The first-order valence-electron chi connectivity index (χ1n) is 9.57. The third kappa shape index (κ3) is 4.08. The standard InChI is InChI=1S/C18H28N4O4S/c1-4-14-12(2)19-16(20-17(14)23)15-6-5-9-22(15)18(24)13-7-10-21(11-8-13)27(3,25)26/h13,15H,4-11H2,1-3H3,(H,19,20,23)/t15-/m1/s1. The monoisotopic (exact) mass is 396 g/mol. The van der Waals surface area contributed by atoms with Gasteiger partial charge in [0.2, 0.25) is 15.9 Å². The Morgan fingerprint density at radius 1 is 1.22 bits per heavy atom. The third-order valence-corrected chi connectivity index (χ3v) is 7.02. The van der Waals surface area contributed by atoms with Crippen molar-refractivity contribution in [3.63, 3.8) is 0 Å². The van der Waals surface area contributed by atoms with Gasteiger partial charge < -0.3 is 9.88 Å². The first kappa shape index (κ1) is 20.0. The number of hydrogen-bond donors (Lipinski definition) is 1. The zero-order valence-electron chi connectivity index (χ0n) is 16.2. The van der Waals surface area contributed by atoms with Crippen LogP contribution in [0.25, 0.3) is 0 Å². The molecule has 1 N–H and O–H groups in total. The quantitative estimate of drug-likeness (QED) is 0.817. The number of aromatic nitrogens is 2. The van der Waals surface area contributed by atoms with Gasteiger partial charge in [-0.3, -0.25) is 9.59 Å². The Morgan fingerprint density at radius 2 is 1.89 bits per heavy atom. The molecule has 150 valence electrons. The Balaban J connectivity index is 1.75. The van der Waals surface area contributed by atoms with E-state index in [0.717, 1.165) is 18.5 Å². The lowest BCUT2D eigenvalue weighted by molar-refractivity contribution is -0.137. The predicted octanol–water partition coefficient (Wildman–Crippen LogP) is 0.976. The summed E-state index contributed by atoms with van der Waals surface area (Å²) in [5.74, 6) is 0.436. The Hall–Kier alpha value is -1.74. The van der Waals surface area contributed by atoms with E-state index in [1.165, 1.54) is 10.6 Å². The summed E-state index contributed by atoms with van der Waals surface area (Å²) in [5.41, 5.74) is 1.28. The molecule has 2 aliphatic rings. The van der Waals surface area contributed by atoms with Crippen molar-refractivity contribution in [2.75, 3.05) is 25.9 Å². The fourth-order valence-corrected chi connectivity index (χ4v) is 5.06. The Bertz CT molecular complexity index is 872. The molecule has 2 fully saturated rings. The van der Waals surface area contributed by atoms with Crippen molar-refractivity contribution >= 4 is 15.9 Å². The second-order valence-corrected chi connectivity index (χ2v) is 9.48. The van der Waals surface area contributed by atoms with Crippen molar-refractivity contribution in [1.29, 1.82) is 0 Å². The lowest BCUT2D eigenvalue weighted by Gasteiger charge is -2.33. The van der Waals surface area contributed by atoms with Crippen LogP contribution in [0.5, 0.6) is 0 Å². The molecule has 0 aromatic carbocycles. The number of carbonyl (C=O) groups excluding carboxylic acids is 1. The van der Waals surface area contributed by atoms with Crippen molar-refractivity contribution in [3.05, 3.63) is 27.4 Å². The number of H-pyrrole nitrogens is 1. The molecule has 3 rings (SSSR count). The van der Waals surface area contributed by atoms with E-state index < -0.39 is 10.0 Å². The molecule has 1 aromatic heterocycles. The molecule has 0 bridgehead atoms. The zero-order valence-corrected chi connectivity index (χ0v) is 17.0. The number of amides is 1. The Kier molecular flexibility index (Phi) is 5.71. The minimum atomic E-state index is -3.21. The molecule has 0 aliphatic carbocycles. The topological polar surface area (TPSA) is 103 Å². The molecule has 1 amide bonds. The average Bonchev–Trinajstić information content (AvgIpc) is 3.10. The lowest BCUT2D eigenvalue weighted by atomic mass is 9.96. The number of hydrogen-bond acceptors (Lipinski definition) is 5. The Morgan fingerprint density at radius 3 is 2.44 bits per heavy atom. The molecule has 2 saturated heterocycles. The summed E-state index contributed by atoms with van der Waals surface area (Å²) in [6.07, 6.45) is 4.55. The SMILES string of the molecule is CCc1c(C)nc([C@H]2CCCN2C(=O)C2CCN(S(C)(=O)=O)CC2)[nH]c1=O. The number of nitrogens with one attached hydrogen (secondary N) is 1. The van der Waals surface area contributed by atoms with Crippen LogP contribution in [-0.4, -0.2) is 59.4 Å². The average molecular weight is 397 g/mol. The summed E-state index contributed by atoms with van der Waals surface area (Å²) in [4.78, 5) is 34.6. The maximum absolute atomic E-state index is 13.1. The van der Waals surface area contributed by atoms with E-state index in [4.69, 9.17) is 0 Å². The van der Waals surface area contributed by atoms with E-state index in [-0.39, 0.29) is 23.4 Å². The molecule has 0 radical (unpaired) electrons. The van der Waals surface area contributed by atoms with E-state index >= 15 is 0 Å². The van der Waals surface area contributed by atoms with Gasteiger partial charge in [-0.25, -0.2) is 17.7 Å². The van der Waals surface area contributed by atoms with Crippen LogP contribution >= 0.6 is 0 Å². The van der Waals surface area contributed by atoms with Gasteiger partial charge in [0.15, 0.2) is 0 Å². The third-order valence-electron chi connectivity index (χ3n) is 5.72. The van der Waals surface area contributed by atoms with Crippen LogP contribution in [0.4, 0.5) is 0 Å². The molecule has 3 heterocycles. The van der Waals surface area contributed by atoms with Crippen LogP contribution in [0.2, 0.25) is 0 Å². The van der Waals surface area contributed by atoms with Crippen molar-refractivity contribution in [2.45, 2.75) is 52.0 Å². The number of rotatable bonds is 4. The van der Waals surface area contributed by atoms with Crippen LogP contribution in [0.15, 0.2) is 4.79 Å². The van der Waals surface area contributed by atoms with E-state index in [2.05, 4.69) is 9.97 Å². The van der Waals surface area contributed by atoms with Gasteiger partial charge in [-0.2, -0.15) is 0 Å². The molecule has 1 atom stereocenters. The smallest absolute Gasteiger partial charge is 0.254 e. The van der Waals surface area contributed by atoms with E-state index in [9.17, 15) is 18.0 Å². The number of carbonyl (C=O) groups is 1. The second kappa shape index (κ2) is 7.71. The van der Waals surface area contributed by atoms with Crippen molar-refractivity contribution in [1.82, 2.24) is 19.2 Å². The fourth-order valence-electron chi connectivity index (χ4n) is 4.19. The predicted molar refractivity (Wildman–Crippen MR) is 102 cm³/mol. The molecule has 2 aliphatic heterocycles. The molecule has 27 heavy (non-hydrogen) atoms. The summed E-state index contributed by atoms with van der Waals surface area (Å²) in [6.45, 7) is 5.17. The molecule has 9 heteroatoms. The van der Waals surface area contributed by atoms with Gasteiger partial charge in [0.05, 0.1) is 12.3 Å². The summed E-state index contributed by atoms with van der Waals surface area (Å²) < 4.78 is 24.8. The van der Waals surface area contributed by atoms with Gasteiger partial charge >= 0.3 is 0 Å². The number of sulfonamides is 1. The van der Waals surface area contributed by atoms with Gasteiger partial charge in [-0.15, -0.1) is 0 Å². The highest BCUT2D eigenvalue weighted by molar-refractivity contribution is 7.88. The maximum atomic E-state index is 13.1. The lowest BCUT2D eigenvalue weighted by Crippen LogP contribution is -2.44. The largest absolute Gasteiger partial charge is 0.332 e. The summed E-state index contributed by atoms with van der Waals surface area (Å²) in [5, 5.41) is 0. The maximum Gasteiger partial charge on any atom is 0.254 e. The Labute approximate surface area is 160 Å². The van der Waals surface area contributed by atoms with E-state index in [1.807, 2.05) is 18.7 Å². The van der Waals surface area contributed by atoms with Crippen LogP contribution in [0.3, 0.4) is 0 Å². The number of piperidine rings is 1. The summed E-state index contributed by atoms with van der Waals surface area (Å²) in [7, 11) is -3.21. The molecule has 0 spiro atoms. The van der Waals surface area contributed by atoms with Crippen LogP contribution in [0.1, 0.15) is 55.7 Å². The van der Waals surface area contributed by atoms with Crippen molar-refractivity contribution < 1.29 is 13.2 Å². The van der Waals surface area contributed by atoms with Crippen molar-refractivity contribution in [2.24, 2.45) is 5.92 Å². The molecule has 1 aromatic rings. The molecule has 0 unspecified atom stereocenters. The first-order chi connectivity index (χ1) is 12.7. The van der Waals surface area contributed by atoms with E-state index in [1.54, 1.807) is 0 Å².